The molecule has 0 amide bonds. The van der Waals surface area contributed by atoms with Gasteiger partial charge in [0.05, 0.1) is 6.10 Å². The summed E-state index contributed by atoms with van der Waals surface area (Å²) in [5.41, 5.74) is 5.58. The Morgan fingerprint density at radius 2 is 2.47 bits per heavy atom. The fourth-order valence-electron chi connectivity index (χ4n) is 1.60. The minimum absolute atomic E-state index is 0.127. The zero-order chi connectivity index (χ0) is 11.1. The van der Waals surface area contributed by atoms with Gasteiger partial charge in [0.25, 0.3) is 0 Å². The number of nitrogens with two attached hydrogens (primary N) is 1. The van der Waals surface area contributed by atoms with E-state index in [1.807, 2.05) is 6.92 Å². The zero-order valence-corrected chi connectivity index (χ0v) is 9.41. The lowest BCUT2D eigenvalue weighted by atomic mass is 10.1. The van der Waals surface area contributed by atoms with Gasteiger partial charge in [-0.1, -0.05) is 0 Å². The summed E-state index contributed by atoms with van der Waals surface area (Å²) in [4.78, 5) is 11.3. The highest BCUT2D eigenvalue weighted by Crippen LogP contribution is 2.12. The second-order valence-electron chi connectivity index (χ2n) is 4.19. The van der Waals surface area contributed by atoms with Gasteiger partial charge in [0, 0.05) is 19.1 Å². The molecule has 1 aliphatic rings. The minimum atomic E-state index is -0.133. The van der Waals surface area contributed by atoms with Crippen LogP contribution in [-0.4, -0.2) is 31.3 Å². The van der Waals surface area contributed by atoms with Crippen LogP contribution in [0.25, 0.3) is 0 Å². The third-order valence-corrected chi connectivity index (χ3v) is 2.49. The predicted octanol–water partition coefficient (Wildman–Crippen LogP) is 1.23. The first kappa shape index (κ1) is 12.5. The summed E-state index contributed by atoms with van der Waals surface area (Å²) < 4.78 is 10.5. The van der Waals surface area contributed by atoms with Gasteiger partial charge in [-0.3, -0.25) is 4.79 Å². The highest BCUT2D eigenvalue weighted by Gasteiger charge is 2.17. The minimum Gasteiger partial charge on any atom is -0.463 e. The SMILES string of the molecule is CC(N)CCCC(=O)OCC1CCCO1. The van der Waals surface area contributed by atoms with Crippen molar-refractivity contribution in [3.8, 4) is 0 Å². The van der Waals surface area contributed by atoms with Crippen LogP contribution in [0, 0.1) is 0 Å². The van der Waals surface area contributed by atoms with E-state index < -0.39 is 0 Å². The van der Waals surface area contributed by atoms with E-state index in [0.717, 1.165) is 32.3 Å². The highest BCUT2D eigenvalue weighted by molar-refractivity contribution is 5.69. The Hall–Kier alpha value is -0.610. The van der Waals surface area contributed by atoms with Gasteiger partial charge >= 0.3 is 5.97 Å². The predicted molar refractivity (Wildman–Crippen MR) is 57.4 cm³/mol. The van der Waals surface area contributed by atoms with Crippen molar-refractivity contribution in [1.82, 2.24) is 0 Å². The van der Waals surface area contributed by atoms with Crippen molar-refractivity contribution in [1.29, 1.82) is 0 Å². The van der Waals surface area contributed by atoms with Gasteiger partial charge in [-0.2, -0.15) is 0 Å². The van der Waals surface area contributed by atoms with Crippen LogP contribution in [0.1, 0.15) is 39.0 Å². The maximum absolute atomic E-state index is 11.3. The quantitative estimate of drug-likeness (QED) is 0.677. The van der Waals surface area contributed by atoms with E-state index in [-0.39, 0.29) is 18.1 Å². The molecule has 0 radical (unpaired) electrons. The smallest absolute Gasteiger partial charge is 0.305 e. The molecule has 4 heteroatoms. The fraction of sp³-hybridized carbons (Fsp3) is 0.909. The van der Waals surface area contributed by atoms with Crippen LogP contribution in [-0.2, 0) is 14.3 Å². The second kappa shape index (κ2) is 6.80. The molecule has 0 spiro atoms. The first-order valence-corrected chi connectivity index (χ1v) is 5.71. The summed E-state index contributed by atoms with van der Waals surface area (Å²) in [6.07, 6.45) is 4.35. The van der Waals surface area contributed by atoms with Crippen molar-refractivity contribution < 1.29 is 14.3 Å². The van der Waals surface area contributed by atoms with E-state index in [9.17, 15) is 4.79 Å². The van der Waals surface area contributed by atoms with E-state index in [1.165, 1.54) is 0 Å². The third-order valence-electron chi connectivity index (χ3n) is 2.49. The summed E-state index contributed by atoms with van der Waals surface area (Å²) in [7, 11) is 0. The molecule has 0 aromatic rings. The van der Waals surface area contributed by atoms with Gasteiger partial charge in [-0.15, -0.1) is 0 Å². The average Bonchev–Trinajstić information content (AvgIpc) is 2.66. The molecule has 0 aliphatic carbocycles. The van der Waals surface area contributed by atoms with Gasteiger partial charge in [-0.05, 0) is 32.6 Å². The summed E-state index contributed by atoms with van der Waals surface area (Å²) in [5, 5.41) is 0. The van der Waals surface area contributed by atoms with Crippen molar-refractivity contribution in [2.75, 3.05) is 13.2 Å². The van der Waals surface area contributed by atoms with E-state index in [2.05, 4.69) is 0 Å². The number of ether oxygens (including phenoxy) is 2. The van der Waals surface area contributed by atoms with E-state index in [0.29, 0.717) is 13.0 Å². The van der Waals surface area contributed by atoms with Crippen LogP contribution in [0.15, 0.2) is 0 Å². The Balaban J connectivity index is 1.98. The molecule has 0 aromatic heterocycles. The molecule has 2 unspecified atom stereocenters. The Morgan fingerprint density at radius 1 is 1.67 bits per heavy atom. The maximum atomic E-state index is 11.3. The zero-order valence-electron chi connectivity index (χ0n) is 9.41. The number of hydrogen-bond donors (Lipinski definition) is 1. The molecular weight excluding hydrogens is 194 g/mol. The van der Waals surface area contributed by atoms with Gasteiger partial charge in [0.2, 0.25) is 0 Å². The molecule has 1 rings (SSSR count). The molecule has 0 aromatic carbocycles. The number of carbonyl (C=O) groups is 1. The maximum Gasteiger partial charge on any atom is 0.305 e. The molecular formula is C11H21NO3. The highest BCUT2D eigenvalue weighted by atomic mass is 16.6. The average molecular weight is 215 g/mol. The first-order chi connectivity index (χ1) is 7.18. The lowest BCUT2D eigenvalue weighted by molar-refractivity contribution is -0.147. The molecule has 1 heterocycles. The normalized spacial score (nSPS) is 22.7. The number of esters is 1. The lowest BCUT2D eigenvalue weighted by Gasteiger charge is -2.10. The summed E-state index contributed by atoms with van der Waals surface area (Å²) in [6, 6.07) is 0.163. The topological polar surface area (TPSA) is 61.6 Å². The van der Waals surface area contributed by atoms with E-state index in [1.54, 1.807) is 0 Å². The van der Waals surface area contributed by atoms with Crippen molar-refractivity contribution in [3.05, 3.63) is 0 Å². The van der Waals surface area contributed by atoms with Gasteiger partial charge in [0.1, 0.15) is 6.61 Å². The Kier molecular flexibility index (Phi) is 5.65. The summed E-state index contributed by atoms with van der Waals surface area (Å²) in [5.74, 6) is -0.133. The Morgan fingerprint density at radius 3 is 3.07 bits per heavy atom. The summed E-state index contributed by atoms with van der Waals surface area (Å²) in [6.45, 7) is 3.15. The van der Waals surface area contributed by atoms with Crippen LogP contribution in [0.5, 0.6) is 0 Å². The Labute approximate surface area is 91.1 Å². The molecule has 0 saturated carbocycles. The van der Waals surface area contributed by atoms with Crippen LogP contribution in [0.2, 0.25) is 0 Å². The molecule has 1 aliphatic heterocycles. The molecule has 4 nitrogen and oxygen atoms in total. The molecule has 2 N–H and O–H groups in total. The number of hydrogen-bond acceptors (Lipinski definition) is 4. The van der Waals surface area contributed by atoms with Crippen molar-refractivity contribution in [2.24, 2.45) is 5.73 Å². The van der Waals surface area contributed by atoms with Gasteiger partial charge in [-0.25, -0.2) is 0 Å². The molecule has 88 valence electrons. The molecule has 2 atom stereocenters. The molecule has 0 bridgehead atoms. The summed E-state index contributed by atoms with van der Waals surface area (Å²) >= 11 is 0. The van der Waals surface area contributed by atoms with E-state index in [4.69, 9.17) is 15.2 Å². The standard InChI is InChI=1S/C11H21NO3/c1-9(12)4-2-6-11(13)15-8-10-5-3-7-14-10/h9-10H,2-8,12H2,1H3. The van der Waals surface area contributed by atoms with Crippen molar-refractivity contribution in [2.45, 2.75) is 51.2 Å². The lowest BCUT2D eigenvalue weighted by Crippen LogP contribution is -2.19. The van der Waals surface area contributed by atoms with Crippen LogP contribution < -0.4 is 5.73 Å². The number of rotatable bonds is 6. The van der Waals surface area contributed by atoms with Crippen LogP contribution >= 0.6 is 0 Å². The van der Waals surface area contributed by atoms with Crippen LogP contribution in [0.4, 0.5) is 0 Å². The Bertz CT molecular complexity index is 188. The third kappa shape index (κ3) is 5.74. The molecule has 1 fully saturated rings. The molecule has 1 saturated heterocycles. The monoisotopic (exact) mass is 215 g/mol. The second-order valence-corrected chi connectivity index (χ2v) is 4.19. The van der Waals surface area contributed by atoms with Gasteiger partial charge in [0.15, 0.2) is 0 Å². The first-order valence-electron chi connectivity index (χ1n) is 5.71. The van der Waals surface area contributed by atoms with Crippen molar-refractivity contribution >= 4 is 5.97 Å². The molecule has 15 heavy (non-hydrogen) atoms. The fourth-order valence-corrected chi connectivity index (χ4v) is 1.60. The van der Waals surface area contributed by atoms with E-state index >= 15 is 0 Å². The van der Waals surface area contributed by atoms with Gasteiger partial charge < -0.3 is 15.2 Å². The number of carbonyl (C=O) groups excluding carboxylic acids is 1. The van der Waals surface area contributed by atoms with Crippen molar-refractivity contribution in [3.63, 3.8) is 0 Å². The van der Waals surface area contributed by atoms with Crippen LogP contribution in [0.3, 0.4) is 0 Å². The largest absolute Gasteiger partial charge is 0.463 e.